The van der Waals surface area contributed by atoms with Crippen LogP contribution in [0.2, 0.25) is 0 Å². The molecule has 2 aromatic rings. The van der Waals surface area contributed by atoms with Gasteiger partial charge in [-0.05, 0) is 0 Å². The first-order chi connectivity index (χ1) is 7.90. The monoisotopic (exact) mass is 240 g/mol. The van der Waals surface area contributed by atoms with Crippen LogP contribution in [0.5, 0.6) is 0 Å². The largest absolute Gasteiger partial charge is 0.383 e. The van der Waals surface area contributed by atoms with Crippen molar-refractivity contribution in [2.75, 3.05) is 20.3 Å². The summed E-state index contributed by atoms with van der Waals surface area (Å²) >= 11 is 1.50. The van der Waals surface area contributed by atoms with Crippen LogP contribution >= 0.6 is 11.3 Å². The van der Waals surface area contributed by atoms with E-state index >= 15 is 0 Å². The number of nitrogens with zero attached hydrogens (tertiary/aromatic N) is 3. The zero-order chi connectivity index (χ0) is 11.2. The maximum atomic E-state index is 5.07. The van der Waals surface area contributed by atoms with Crippen LogP contribution in [-0.4, -0.2) is 35.4 Å². The molecule has 0 radical (unpaired) electrons. The first-order valence-corrected chi connectivity index (χ1v) is 5.75. The fourth-order valence-electron chi connectivity index (χ4n) is 1.12. The molecule has 0 aliphatic heterocycles. The zero-order valence-electron chi connectivity index (χ0n) is 8.84. The van der Waals surface area contributed by atoms with Crippen LogP contribution in [0, 0.1) is 0 Å². The number of methoxy groups -OCH3 is 1. The number of ether oxygens (including phenoxy) is 1. The number of aromatic nitrogens is 3. The Morgan fingerprint density at radius 1 is 1.56 bits per heavy atom. The molecule has 7 heteroatoms. The summed E-state index contributed by atoms with van der Waals surface area (Å²) in [6.07, 6.45) is 0. The Hall–Kier alpha value is -1.31. The molecule has 0 aliphatic rings. The van der Waals surface area contributed by atoms with Crippen LogP contribution < -0.4 is 5.32 Å². The Labute approximate surface area is 96.7 Å². The third-order valence-electron chi connectivity index (χ3n) is 1.89. The van der Waals surface area contributed by atoms with Crippen LogP contribution in [0.25, 0.3) is 11.5 Å². The SMILES string of the molecule is COCCNCc1nc(-c2cscn2)no1. The lowest BCUT2D eigenvalue weighted by Crippen LogP contribution is -2.18. The molecule has 0 aromatic carbocycles. The molecule has 16 heavy (non-hydrogen) atoms. The molecular formula is C9H12N4O2S. The lowest BCUT2D eigenvalue weighted by atomic mass is 10.5. The lowest BCUT2D eigenvalue weighted by Gasteiger charge is -1.98. The highest BCUT2D eigenvalue weighted by Gasteiger charge is 2.09. The maximum absolute atomic E-state index is 5.07. The molecule has 0 saturated heterocycles. The minimum absolute atomic E-state index is 0.532. The van der Waals surface area contributed by atoms with Crippen molar-refractivity contribution in [3.8, 4) is 11.5 Å². The van der Waals surface area contributed by atoms with Crippen molar-refractivity contribution in [1.29, 1.82) is 0 Å². The van der Waals surface area contributed by atoms with E-state index in [4.69, 9.17) is 9.26 Å². The highest BCUT2D eigenvalue weighted by Crippen LogP contribution is 2.14. The van der Waals surface area contributed by atoms with E-state index in [9.17, 15) is 0 Å². The van der Waals surface area contributed by atoms with Gasteiger partial charge in [-0.2, -0.15) is 4.98 Å². The Bertz CT molecular complexity index is 415. The Kier molecular flexibility index (Phi) is 3.97. The second-order valence-electron chi connectivity index (χ2n) is 3.05. The van der Waals surface area contributed by atoms with Gasteiger partial charge in [0.25, 0.3) is 0 Å². The van der Waals surface area contributed by atoms with E-state index in [1.165, 1.54) is 11.3 Å². The number of hydrogen-bond acceptors (Lipinski definition) is 7. The van der Waals surface area contributed by atoms with Crippen molar-refractivity contribution in [3.63, 3.8) is 0 Å². The van der Waals surface area contributed by atoms with Gasteiger partial charge in [0, 0.05) is 19.0 Å². The molecule has 0 unspecified atom stereocenters. The van der Waals surface area contributed by atoms with Gasteiger partial charge in [-0.25, -0.2) is 4.98 Å². The molecule has 0 spiro atoms. The van der Waals surface area contributed by atoms with E-state index < -0.39 is 0 Å². The molecule has 2 rings (SSSR count). The Morgan fingerprint density at radius 3 is 3.25 bits per heavy atom. The van der Waals surface area contributed by atoms with E-state index in [-0.39, 0.29) is 0 Å². The van der Waals surface area contributed by atoms with Gasteiger partial charge in [0.05, 0.1) is 18.7 Å². The topological polar surface area (TPSA) is 73.1 Å². The number of hydrogen-bond donors (Lipinski definition) is 1. The predicted octanol–water partition coefficient (Wildman–Crippen LogP) is 0.929. The Balaban J connectivity index is 1.88. The summed E-state index contributed by atoms with van der Waals surface area (Å²) in [6.45, 7) is 1.96. The van der Waals surface area contributed by atoms with Gasteiger partial charge in [0.2, 0.25) is 11.7 Å². The van der Waals surface area contributed by atoms with Gasteiger partial charge in [0.1, 0.15) is 5.69 Å². The van der Waals surface area contributed by atoms with Crippen LogP contribution in [0.4, 0.5) is 0 Å². The predicted molar refractivity (Wildman–Crippen MR) is 59.0 cm³/mol. The van der Waals surface area contributed by atoms with E-state index in [0.717, 1.165) is 12.2 Å². The first kappa shape index (κ1) is 11.2. The van der Waals surface area contributed by atoms with Crippen molar-refractivity contribution in [2.24, 2.45) is 0 Å². The molecule has 0 aliphatic carbocycles. The van der Waals surface area contributed by atoms with Gasteiger partial charge in [-0.3, -0.25) is 0 Å². The summed E-state index contributed by atoms with van der Waals surface area (Å²) in [4.78, 5) is 8.32. The highest BCUT2D eigenvalue weighted by atomic mass is 32.1. The normalized spacial score (nSPS) is 10.8. The molecular weight excluding hydrogens is 228 g/mol. The molecule has 86 valence electrons. The maximum Gasteiger partial charge on any atom is 0.240 e. The summed E-state index contributed by atoms with van der Waals surface area (Å²) in [6, 6.07) is 0. The van der Waals surface area contributed by atoms with Crippen LogP contribution in [0.3, 0.4) is 0 Å². The standard InChI is InChI=1S/C9H12N4O2S/c1-14-3-2-10-4-8-12-9(13-15-8)7-5-16-6-11-7/h5-6,10H,2-4H2,1H3. The third kappa shape index (κ3) is 2.84. The van der Waals surface area contributed by atoms with Gasteiger partial charge in [-0.1, -0.05) is 5.16 Å². The number of nitrogens with one attached hydrogen (secondary N) is 1. The van der Waals surface area contributed by atoms with Gasteiger partial charge < -0.3 is 14.6 Å². The van der Waals surface area contributed by atoms with E-state index in [1.54, 1.807) is 12.6 Å². The van der Waals surface area contributed by atoms with Crippen molar-refractivity contribution < 1.29 is 9.26 Å². The average Bonchev–Trinajstić information content (AvgIpc) is 2.94. The van der Waals surface area contributed by atoms with Crippen LogP contribution in [-0.2, 0) is 11.3 Å². The van der Waals surface area contributed by atoms with E-state index in [2.05, 4.69) is 20.4 Å². The van der Waals surface area contributed by atoms with Crippen molar-refractivity contribution in [2.45, 2.75) is 6.54 Å². The molecule has 1 N–H and O–H groups in total. The summed E-state index contributed by atoms with van der Waals surface area (Å²) in [5.41, 5.74) is 2.49. The molecule has 0 bridgehead atoms. The van der Waals surface area contributed by atoms with Crippen molar-refractivity contribution >= 4 is 11.3 Å². The van der Waals surface area contributed by atoms with Gasteiger partial charge >= 0.3 is 0 Å². The summed E-state index contributed by atoms with van der Waals surface area (Å²) in [5.74, 6) is 1.09. The smallest absolute Gasteiger partial charge is 0.240 e. The molecule has 0 atom stereocenters. The average molecular weight is 240 g/mol. The molecule has 0 amide bonds. The molecule has 2 aromatic heterocycles. The summed E-state index contributed by atoms with van der Waals surface area (Å²) in [7, 11) is 1.66. The van der Waals surface area contributed by atoms with E-state index in [1.807, 2.05) is 5.38 Å². The van der Waals surface area contributed by atoms with E-state index in [0.29, 0.717) is 24.9 Å². The summed E-state index contributed by atoms with van der Waals surface area (Å²) in [5, 5.41) is 8.85. The highest BCUT2D eigenvalue weighted by molar-refractivity contribution is 7.07. The lowest BCUT2D eigenvalue weighted by molar-refractivity contribution is 0.197. The Morgan fingerprint density at radius 2 is 2.50 bits per heavy atom. The minimum Gasteiger partial charge on any atom is -0.383 e. The van der Waals surface area contributed by atoms with Crippen molar-refractivity contribution in [3.05, 3.63) is 16.8 Å². The van der Waals surface area contributed by atoms with Crippen molar-refractivity contribution in [1.82, 2.24) is 20.4 Å². The fourth-order valence-corrected chi connectivity index (χ4v) is 1.65. The molecule has 0 fully saturated rings. The van der Waals surface area contributed by atoms with Crippen LogP contribution in [0.1, 0.15) is 5.89 Å². The third-order valence-corrected chi connectivity index (χ3v) is 2.48. The second kappa shape index (κ2) is 5.69. The molecule has 6 nitrogen and oxygen atoms in total. The quantitative estimate of drug-likeness (QED) is 0.757. The summed E-state index contributed by atoms with van der Waals surface area (Å²) < 4.78 is 9.97. The van der Waals surface area contributed by atoms with Crippen LogP contribution in [0.15, 0.2) is 15.4 Å². The molecule has 0 saturated carbocycles. The van der Waals surface area contributed by atoms with Gasteiger partial charge in [-0.15, -0.1) is 11.3 Å². The number of rotatable bonds is 6. The molecule has 2 heterocycles. The van der Waals surface area contributed by atoms with Gasteiger partial charge in [0.15, 0.2) is 0 Å². The fraction of sp³-hybridized carbons (Fsp3) is 0.444. The second-order valence-corrected chi connectivity index (χ2v) is 3.77. The first-order valence-electron chi connectivity index (χ1n) is 4.81. The number of thiazole rings is 1. The zero-order valence-corrected chi connectivity index (χ0v) is 9.66. The minimum atomic E-state index is 0.532.